The molecule has 2 aromatic carbocycles. The quantitative estimate of drug-likeness (QED) is 0.476. The van der Waals surface area contributed by atoms with E-state index < -0.39 is 60.8 Å². The molecule has 0 fully saturated rings. The minimum atomic E-state index is -3.79. The van der Waals surface area contributed by atoms with Crippen LogP contribution in [0.5, 0.6) is 5.75 Å². The SMILES string of the molecule is O=C(O)c1cc([AsH]C(F)(F)c2ccc(F)c(F)c2F)ccc1O. The van der Waals surface area contributed by atoms with Crippen molar-refractivity contribution in [3.8, 4) is 5.75 Å². The van der Waals surface area contributed by atoms with Gasteiger partial charge in [0.2, 0.25) is 0 Å². The van der Waals surface area contributed by atoms with Crippen molar-refractivity contribution < 1.29 is 37.0 Å². The topological polar surface area (TPSA) is 57.5 Å². The van der Waals surface area contributed by atoms with E-state index in [0.29, 0.717) is 12.1 Å². The molecule has 3 nitrogen and oxygen atoms in total. The molecule has 23 heavy (non-hydrogen) atoms. The van der Waals surface area contributed by atoms with E-state index in [0.717, 1.165) is 18.2 Å². The standard InChI is InChI=1S/C14H8AsF5O3/c16-9-3-2-8(11(17)12(9)18)14(19,20)15-6-1-4-10(21)7(5-6)13(22)23/h1-5,15,21H,(H,22,23). The van der Waals surface area contributed by atoms with Crippen LogP contribution in [-0.2, 0) is 4.71 Å². The summed E-state index contributed by atoms with van der Waals surface area (Å²) in [5, 5.41) is 18.2. The van der Waals surface area contributed by atoms with Crippen LogP contribution in [0.1, 0.15) is 15.9 Å². The second-order valence-corrected chi connectivity index (χ2v) is 7.51. The molecule has 0 saturated heterocycles. The number of benzene rings is 2. The van der Waals surface area contributed by atoms with Gasteiger partial charge in [-0.3, -0.25) is 0 Å². The summed E-state index contributed by atoms with van der Waals surface area (Å²) in [6, 6.07) is 3.71. The van der Waals surface area contributed by atoms with Crippen molar-refractivity contribution in [3.05, 3.63) is 58.9 Å². The first-order valence-electron chi connectivity index (χ1n) is 5.99. The number of carboxylic acids is 1. The summed E-state index contributed by atoms with van der Waals surface area (Å²) in [5.74, 6) is -7.67. The third kappa shape index (κ3) is 3.47. The molecule has 0 aliphatic carbocycles. The average molecular weight is 394 g/mol. The van der Waals surface area contributed by atoms with Crippen LogP contribution in [0, 0.1) is 17.5 Å². The molecule has 0 radical (unpaired) electrons. The Kier molecular flexibility index (Phi) is 4.65. The van der Waals surface area contributed by atoms with Crippen molar-refractivity contribution in [2.75, 3.05) is 0 Å². The Morgan fingerprint density at radius 2 is 1.70 bits per heavy atom. The van der Waals surface area contributed by atoms with Gasteiger partial charge in [0, 0.05) is 0 Å². The van der Waals surface area contributed by atoms with Gasteiger partial charge in [-0.05, 0) is 0 Å². The normalized spacial score (nSPS) is 12.0. The molecule has 0 spiro atoms. The van der Waals surface area contributed by atoms with E-state index in [4.69, 9.17) is 5.11 Å². The molecule has 2 aromatic rings. The minimum absolute atomic E-state index is 0.102. The van der Waals surface area contributed by atoms with Gasteiger partial charge >= 0.3 is 132 Å². The second kappa shape index (κ2) is 6.20. The van der Waals surface area contributed by atoms with Gasteiger partial charge in [-0.15, -0.1) is 0 Å². The van der Waals surface area contributed by atoms with E-state index in [1.54, 1.807) is 0 Å². The molecule has 9 heteroatoms. The van der Waals surface area contributed by atoms with E-state index in [-0.39, 0.29) is 4.35 Å². The van der Waals surface area contributed by atoms with Crippen LogP contribution in [0.25, 0.3) is 0 Å². The second-order valence-electron chi connectivity index (χ2n) is 4.46. The van der Waals surface area contributed by atoms with Gasteiger partial charge in [-0.25, -0.2) is 0 Å². The van der Waals surface area contributed by atoms with Crippen LogP contribution < -0.4 is 4.35 Å². The zero-order valence-corrected chi connectivity index (χ0v) is 13.2. The molecule has 0 aliphatic rings. The van der Waals surface area contributed by atoms with Gasteiger partial charge in [0.05, 0.1) is 0 Å². The Morgan fingerprint density at radius 1 is 1.04 bits per heavy atom. The Balaban J connectivity index is 2.41. The van der Waals surface area contributed by atoms with Gasteiger partial charge in [0.15, 0.2) is 0 Å². The summed E-state index contributed by atoms with van der Waals surface area (Å²) >= 11 is -2.49. The number of carbonyl (C=O) groups is 1. The number of halogens is 5. The molecule has 2 N–H and O–H groups in total. The molecule has 1 unspecified atom stereocenters. The summed E-state index contributed by atoms with van der Waals surface area (Å²) in [6.45, 7) is 0. The molecule has 0 heterocycles. The summed E-state index contributed by atoms with van der Waals surface area (Å²) in [4.78, 5) is 10.9. The van der Waals surface area contributed by atoms with E-state index in [2.05, 4.69) is 0 Å². The van der Waals surface area contributed by atoms with Crippen molar-refractivity contribution in [3.63, 3.8) is 0 Å². The van der Waals surface area contributed by atoms with Gasteiger partial charge in [0.1, 0.15) is 0 Å². The van der Waals surface area contributed by atoms with Gasteiger partial charge < -0.3 is 0 Å². The fraction of sp³-hybridized carbons (Fsp3) is 0.0714. The molecule has 0 aliphatic heterocycles. The van der Waals surface area contributed by atoms with Crippen molar-refractivity contribution in [2.45, 2.75) is 4.71 Å². The predicted octanol–water partition coefficient (Wildman–Crippen LogP) is 2.32. The Labute approximate surface area is 133 Å². The monoisotopic (exact) mass is 394 g/mol. The molecular weight excluding hydrogens is 386 g/mol. The number of phenols is 1. The molecule has 0 amide bonds. The van der Waals surface area contributed by atoms with E-state index in [9.17, 15) is 31.9 Å². The zero-order valence-electron chi connectivity index (χ0n) is 11.1. The summed E-state index contributed by atoms with van der Waals surface area (Å²) < 4.78 is 63.9. The fourth-order valence-corrected chi connectivity index (χ4v) is 4.05. The van der Waals surface area contributed by atoms with Crippen LogP contribution in [0.15, 0.2) is 30.3 Å². The fourth-order valence-electron chi connectivity index (χ4n) is 1.80. The van der Waals surface area contributed by atoms with Crippen molar-refractivity contribution in [1.29, 1.82) is 0 Å². The third-order valence-electron chi connectivity index (χ3n) is 2.90. The first kappa shape index (κ1) is 17.3. The van der Waals surface area contributed by atoms with Gasteiger partial charge in [0.25, 0.3) is 0 Å². The maximum absolute atomic E-state index is 14.2. The third-order valence-corrected chi connectivity index (χ3v) is 5.38. The molecular formula is C14H8AsF5O3. The number of aromatic hydroxyl groups is 1. The van der Waals surface area contributed by atoms with E-state index in [1.807, 2.05) is 0 Å². The molecule has 0 saturated carbocycles. The molecule has 122 valence electrons. The number of carboxylic acid groups (broad SMARTS) is 1. The molecule has 1 atom stereocenters. The molecule has 0 aromatic heterocycles. The van der Waals surface area contributed by atoms with Crippen LogP contribution in [0.2, 0.25) is 0 Å². The van der Waals surface area contributed by atoms with Gasteiger partial charge in [-0.1, -0.05) is 0 Å². The molecule has 0 bridgehead atoms. The van der Waals surface area contributed by atoms with Gasteiger partial charge in [-0.2, -0.15) is 0 Å². The summed E-state index contributed by atoms with van der Waals surface area (Å²) in [5.41, 5.74) is -1.87. The zero-order chi connectivity index (χ0) is 17.4. The van der Waals surface area contributed by atoms with Crippen LogP contribution in [-0.4, -0.2) is 31.9 Å². The van der Waals surface area contributed by atoms with Crippen molar-refractivity contribution in [2.24, 2.45) is 0 Å². The summed E-state index contributed by atoms with van der Waals surface area (Å²) in [6.07, 6.45) is 0. The van der Waals surface area contributed by atoms with E-state index >= 15 is 0 Å². The predicted molar refractivity (Wildman–Crippen MR) is 72.1 cm³/mol. The average Bonchev–Trinajstić information content (AvgIpc) is 2.46. The maximum atomic E-state index is 14.2. The van der Waals surface area contributed by atoms with Crippen LogP contribution in [0.4, 0.5) is 22.0 Å². The number of rotatable bonds is 4. The van der Waals surface area contributed by atoms with Crippen molar-refractivity contribution in [1.82, 2.24) is 0 Å². The number of aromatic carboxylic acids is 1. The number of hydrogen-bond acceptors (Lipinski definition) is 2. The summed E-state index contributed by atoms with van der Waals surface area (Å²) in [7, 11) is 0. The Bertz CT molecular complexity index is 779. The first-order chi connectivity index (χ1) is 10.6. The van der Waals surface area contributed by atoms with E-state index in [1.165, 1.54) is 0 Å². The molecule has 2 rings (SSSR count). The number of hydrogen-bond donors (Lipinski definition) is 2. The van der Waals surface area contributed by atoms with Crippen molar-refractivity contribution >= 4 is 26.1 Å². The first-order valence-corrected chi connectivity index (χ1v) is 8.09. The van der Waals surface area contributed by atoms with Crippen LogP contribution >= 0.6 is 0 Å². The number of alkyl halides is 2. The Hall–Kier alpha value is -2.08. The van der Waals surface area contributed by atoms with Crippen LogP contribution in [0.3, 0.4) is 0 Å². The Morgan fingerprint density at radius 3 is 2.30 bits per heavy atom.